The van der Waals surface area contributed by atoms with E-state index in [0.717, 1.165) is 12.5 Å². The van der Waals surface area contributed by atoms with E-state index in [1.165, 1.54) is 96.3 Å². The third-order valence-corrected chi connectivity index (χ3v) is 5.03. The van der Waals surface area contributed by atoms with Gasteiger partial charge in [0.1, 0.15) is 0 Å². The average Bonchev–Trinajstić information content (AvgIpc) is 2.76. The van der Waals surface area contributed by atoms with Crippen LogP contribution in [0.2, 0.25) is 0 Å². The largest absolute Gasteiger partial charge is 0.463 e. The van der Waals surface area contributed by atoms with Crippen LogP contribution in [0.25, 0.3) is 0 Å². The van der Waals surface area contributed by atoms with E-state index in [2.05, 4.69) is 24.8 Å². The zero-order valence-corrected chi connectivity index (χ0v) is 20.9. The van der Waals surface area contributed by atoms with Crippen LogP contribution >= 0.6 is 0 Å². The molecule has 31 heavy (non-hydrogen) atoms. The Bertz CT molecular complexity index is 443. The predicted octanol–water partition coefficient (Wildman–Crippen LogP) is 8.10. The van der Waals surface area contributed by atoms with Gasteiger partial charge in [0.15, 0.2) is 0 Å². The summed E-state index contributed by atoms with van der Waals surface area (Å²) in [7, 11) is 0. The Morgan fingerprint density at radius 3 is 1.35 bits per heavy atom. The van der Waals surface area contributed by atoms with Gasteiger partial charge in [0.05, 0.1) is 13.2 Å². The van der Waals surface area contributed by atoms with E-state index in [-0.39, 0.29) is 11.9 Å². The van der Waals surface area contributed by atoms with E-state index in [1.807, 2.05) is 0 Å². The molecule has 0 rings (SSSR count). The molecule has 0 N–H and O–H groups in total. The minimum Gasteiger partial charge on any atom is -0.463 e. The number of esters is 2. The highest BCUT2D eigenvalue weighted by Crippen LogP contribution is 2.13. The lowest BCUT2D eigenvalue weighted by molar-refractivity contribution is -0.139. The summed E-state index contributed by atoms with van der Waals surface area (Å²) >= 11 is 0. The fourth-order valence-electron chi connectivity index (χ4n) is 3.14. The first kappa shape index (κ1) is 31.6. The van der Waals surface area contributed by atoms with Crippen molar-refractivity contribution in [1.29, 1.82) is 0 Å². The van der Waals surface area contributed by atoms with Gasteiger partial charge in [-0.2, -0.15) is 0 Å². The highest BCUT2D eigenvalue weighted by molar-refractivity contribution is 5.86. The van der Waals surface area contributed by atoms with Gasteiger partial charge in [-0.25, -0.2) is 9.59 Å². The lowest BCUT2D eigenvalue weighted by Crippen LogP contribution is -2.05. The first-order chi connectivity index (χ1) is 15.0. The normalized spacial score (nSPS) is 10.0. The van der Waals surface area contributed by atoms with Crippen LogP contribution in [0.4, 0.5) is 0 Å². The van der Waals surface area contributed by atoms with E-state index in [1.54, 1.807) is 13.8 Å². The Morgan fingerprint density at radius 2 is 1.06 bits per heavy atom. The molecular formula is C27H50O4. The SMILES string of the molecule is C=C(C)C(=O)OCCCCCCCCCCCCCCCCCC.C=CC(=O)OCC. The van der Waals surface area contributed by atoms with E-state index in [9.17, 15) is 9.59 Å². The molecule has 182 valence electrons. The maximum Gasteiger partial charge on any atom is 0.333 e. The van der Waals surface area contributed by atoms with Crippen LogP contribution in [0.15, 0.2) is 24.8 Å². The third kappa shape index (κ3) is 28.4. The molecule has 0 heterocycles. The molecule has 0 aliphatic rings. The van der Waals surface area contributed by atoms with Crippen molar-refractivity contribution in [3.8, 4) is 0 Å². The monoisotopic (exact) mass is 438 g/mol. The summed E-state index contributed by atoms with van der Waals surface area (Å²) in [4.78, 5) is 21.3. The second-order valence-electron chi connectivity index (χ2n) is 8.18. The van der Waals surface area contributed by atoms with E-state index < -0.39 is 0 Å². The van der Waals surface area contributed by atoms with Crippen LogP contribution in [0.3, 0.4) is 0 Å². The van der Waals surface area contributed by atoms with Gasteiger partial charge in [0, 0.05) is 11.6 Å². The van der Waals surface area contributed by atoms with Crippen LogP contribution in [-0.2, 0) is 19.1 Å². The second-order valence-corrected chi connectivity index (χ2v) is 8.18. The molecule has 0 unspecified atom stereocenters. The summed E-state index contributed by atoms with van der Waals surface area (Å²) in [5, 5.41) is 0. The fraction of sp³-hybridized carbons (Fsp3) is 0.778. The molecule has 0 aromatic carbocycles. The smallest absolute Gasteiger partial charge is 0.333 e. The number of hydrogen-bond donors (Lipinski definition) is 0. The van der Waals surface area contributed by atoms with Gasteiger partial charge < -0.3 is 9.47 Å². The summed E-state index contributed by atoms with van der Waals surface area (Å²) in [6, 6.07) is 0. The maximum atomic E-state index is 11.2. The quantitative estimate of drug-likeness (QED) is 0.109. The molecule has 0 spiro atoms. The number of carbonyl (C=O) groups excluding carboxylic acids is 2. The Labute approximate surface area is 192 Å². The highest BCUT2D eigenvalue weighted by atomic mass is 16.5. The molecule has 0 atom stereocenters. The van der Waals surface area contributed by atoms with Crippen LogP contribution in [0, 0.1) is 0 Å². The Hall–Kier alpha value is -1.58. The molecule has 0 saturated heterocycles. The van der Waals surface area contributed by atoms with E-state index >= 15 is 0 Å². The minimum atomic E-state index is -0.359. The molecule has 0 radical (unpaired) electrons. The zero-order chi connectivity index (χ0) is 23.6. The molecule has 4 heteroatoms. The molecule has 4 nitrogen and oxygen atoms in total. The first-order valence-corrected chi connectivity index (χ1v) is 12.6. The Kier molecular flexibility index (Phi) is 27.0. The third-order valence-electron chi connectivity index (χ3n) is 5.03. The second kappa shape index (κ2) is 26.5. The van der Waals surface area contributed by atoms with Crippen LogP contribution in [0.1, 0.15) is 124 Å². The van der Waals surface area contributed by atoms with Crippen molar-refractivity contribution >= 4 is 11.9 Å². The predicted molar refractivity (Wildman–Crippen MR) is 132 cm³/mol. The van der Waals surface area contributed by atoms with Crippen molar-refractivity contribution in [2.75, 3.05) is 13.2 Å². The summed E-state index contributed by atoms with van der Waals surface area (Å²) in [5.41, 5.74) is 0.492. The number of unbranched alkanes of at least 4 members (excludes halogenated alkanes) is 15. The summed E-state index contributed by atoms with van der Waals surface area (Å²) in [6.07, 6.45) is 22.9. The molecule has 0 bridgehead atoms. The molecule has 0 fully saturated rings. The summed E-state index contributed by atoms with van der Waals surface area (Å²) < 4.78 is 9.52. The van der Waals surface area contributed by atoms with Crippen LogP contribution in [-0.4, -0.2) is 25.2 Å². The molecule has 0 saturated carbocycles. The minimum absolute atomic E-state index is 0.254. The van der Waals surface area contributed by atoms with Crippen molar-refractivity contribution in [2.24, 2.45) is 0 Å². The van der Waals surface area contributed by atoms with Crippen molar-refractivity contribution in [3.05, 3.63) is 24.8 Å². The average molecular weight is 439 g/mol. The van der Waals surface area contributed by atoms with Gasteiger partial charge in [0.2, 0.25) is 0 Å². The van der Waals surface area contributed by atoms with Gasteiger partial charge in [-0.1, -0.05) is 116 Å². The summed E-state index contributed by atoms with van der Waals surface area (Å²) in [5.74, 6) is -0.613. The lowest BCUT2D eigenvalue weighted by atomic mass is 10.0. The molecular weight excluding hydrogens is 388 g/mol. The number of hydrogen-bond acceptors (Lipinski definition) is 4. The van der Waals surface area contributed by atoms with E-state index in [0.29, 0.717) is 18.8 Å². The van der Waals surface area contributed by atoms with Gasteiger partial charge in [-0.05, 0) is 20.3 Å². The molecule has 0 aromatic heterocycles. The van der Waals surface area contributed by atoms with Crippen molar-refractivity contribution < 1.29 is 19.1 Å². The van der Waals surface area contributed by atoms with Gasteiger partial charge in [-0.3, -0.25) is 0 Å². The van der Waals surface area contributed by atoms with Crippen molar-refractivity contribution in [2.45, 2.75) is 124 Å². The zero-order valence-electron chi connectivity index (χ0n) is 20.9. The molecule has 0 aliphatic heterocycles. The van der Waals surface area contributed by atoms with Crippen molar-refractivity contribution in [3.63, 3.8) is 0 Å². The van der Waals surface area contributed by atoms with Crippen LogP contribution < -0.4 is 0 Å². The number of rotatable bonds is 20. The van der Waals surface area contributed by atoms with Gasteiger partial charge >= 0.3 is 11.9 Å². The highest BCUT2D eigenvalue weighted by Gasteiger charge is 2.01. The van der Waals surface area contributed by atoms with Gasteiger partial charge in [-0.15, -0.1) is 0 Å². The molecule has 0 aliphatic carbocycles. The number of ether oxygens (including phenoxy) is 2. The maximum absolute atomic E-state index is 11.2. The standard InChI is InChI=1S/C22H42O2.C5H8O2/c1-4-5-6-7-8-9-10-11-12-13-14-15-16-17-18-19-20-24-22(23)21(2)3;1-3-5(6)7-4-2/h2,4-20H2,1,3H3;3H,1,4H2,2H3. The molecule has 0 aromatic rings. The number of carbonyl (C=O) groups is 2. The van der Waals surface area contributed by atoms with Crippen molar-refractivity contribution in [1.82, 2.24) is 0 Å². The lowest BCUT2D eigenvalue weighted by Gasteiger charge is -2.05. The molecule has 0 amide bonds. The van der Waals surface area contributed by atoms with E-state index in [4.69, 9.17) is 4.74 Å². The van der Waals surface area contributed by atoms with Gasteiger partial charge in [0.25, 0.3) is 0 Å². The fourth-order valence-corrected chi connectivity index (χ4v) is 3.14. The Balaban J connectivity index is 0. The topological polar surface area (TPSA) is 52.6 Å². The summed E-state index contributed by atoms with van der Waals surface area (Å²) in [6.45, 7) is 13.5. The van der Waals surface area contributed by atoms with Crippen LogP contribution in [0.5, 0.6) is 0 Å². The Morgan fingerprint density at radius 1 is 0.677 bits per heavy atom. The first-order valence-electron chi connectivity index (χ1n) is 12.6.